The Hall–Kier alpha value is -2.24. The van der Waals surface area contributed by atoms with Crippen molar-refractivity contribution in [2.75, 3.05) is 30.4 Å². The number of likely N-dealkylation sites (N-methyl/N-ethyl adjacent to an activating group) is 1. The zero-order chi connectivity index (χ0) is 24.8. The number of carbonyl (C=O) groups is 1. The summed E-state index contributed by atoms with van der Waals surface area (Å²) in [6.45, 7) is 9.25. The molecule has 33 heavy (non-hydrogen) atoms. The fourth-order valence-corrected chi connectivity index (χ4v) is 6.53. The standard InChI is InChI=1S/C22H32N4O5S2/c1-15-7-8-18(11-16(15)2)33(30,31)25(6)13-21(27)23-20-12-19(22(3,4)5)24-26(20)17-9-10-32(28,29)14-17/h7-8,11-12,17H,9-10,13-14H2,1-6H3,(H,23,27). The number of sulfone groups is 1. The molecule has 0 saturated carbocycles. The third kappa shape index (κ3) is 5.64. The van der Waals surface area contributed by atoms with Crippen LogP contribution in [0.3, 0.4) is 0 Å². The number of hydrogen-bond donors (Lipinski definition) is 1. The van der Waals surface area contributed by atoms with Crippen molar-refractivity contribution in [2.45, 2.75) is 57.4 Å². The van der Waals surface area contributed by atoms with E-state index < -0.39 is 32.3 Å². The second-order valence-corrected chi connectivity index (χ2v) is 14.0. The van der Waals surface area contributed by atoms with Crippen LogP contribution in [0, 0.1) is 13.8 Å². The Morgan fingerprint density at radius 1 is 1.21 bits per heavy atom. The van der Waals surface area contributed by atoms with Crippen molar-refractivity contribution >= 4 is 31.6 Å². The molecule has 0 aliphatic carbocycles. The van der Waals surface area contributed by atoms with Gasteiger partial charge in [0.25, 0.3) is 0 Å². The molecule has 1 unspecified atom stereocenters. The van der Waals surface area contributed by atoms with Gasteiger partial charge >= 0.3 is 0 Å². The van der Waals surface area contributed by atoms with Gasteiger partial charge < -0.3 is 5.32 Å². The number of carbonyl (C=O) groups excluding carboxylic acids is 1. The highest BCUT2D eigenvalue weighted by Crippen LogP contribution is 2.31. The van der Waals surface area contributed by atoms with Gasteiger partial charge in [0.05, 0.1) is 34.7 Å². The summed E-state index contributed by atoms with van der Waals surface area (Å²) < 4.78 is 52.4. The van der Waals surface area contributed by atoms with Gasteiger partial charge in [0.15, 0.2) is 9.84 Å². The van der Waals surface area contributed by atoms with Crippen LogP contribution in [0.5, 0.6) is 0 Å². The normalized spacial score (nSPS) is 18.6. The molecule has 1 saturated heterocycles. The third-order valence-electron chi connectivity index (χ3n) is 5.88. The maximum atomic E-state index is 12.9. The molecule has 182 valence electrons. The van der Waals surface area contributed by atoms with Crippen LogP contribution in [0.2, 0.25) is 0 Å². The monoisotopic (exact) mass is 496 g/mol. The molecule has 2 heterocycles. The van der Waals surface area contributed by atoms with Crippen LogP contribution in [0.25, 0.3) is 0 Å². The highest BCUT2D eigenvalue weighted by molar-refractivity contribution is 7.91. The molecule has 1 aliphatic rings. The average molecular weight is 497 g/mol. The summed E-state index contributed by atoms with van der Waals surface area (Å²) in [6.07, 6.45) is 0.414. The van der Waals surface area contributed by atoms with E-state index in [9.17, 15) is 21.6 Å². The second-order valence-electron chi connectivity index (χ2n) is 9.72. The summed E-state index contributed by atoms with van der Waals surface area (Å²) in [7, 11) is -5.65. The van der Waals surface area contributed by atoms with E-state index in [1.54, 1.807) is 22.9 Å². The van der Waals surface area contributed by atoms with Crippen LogP contribution in [0.4, 0.5) is 5.82 Å². The van der Waals surface area contributed by atoms with E-state index >= 15 is 0 Å². The lowest BCUT2D eigenvalue weighted by Crippen LogP contribution is -2.35. The van der Waals surface area contributed by atoms with Crippen LogP contribution in [-0.2, 0) is 30.1 Å². The number of nitrogens with zero attached hydrogens (tertiary/aromatic N) is 3. The van der Waals surface area contributed by atoms with E-state index in [2.05, 4.69) is 10.4 Å². The molecule has 1 aromatic carbocycles. The van der Waals surface area contributed by atoms with Crippen molar-refractivity contribution in [2.24, 2.45) is 0 Å². The number of hydrogen-bond acceptors (Lipinski definition) is 6. The smallest absolute Gasteiger partial charge is 0.243 e. The summed E-state index contributed by atoms with van der Waals surface area (Å²) in [5.74, 6) is -0.133. The maximum absolute atomic E-state index is 12.9. The quantitative estimate of drug-likeness (QED) is 0.656. The highest BCUT2D eigenvalue weighted by Gasteiger charge is 2.33. The Bertz CT molecular complexity index is 1270. The van der Waals surface area contributed by atoms with Crippen molar-refractivity contribution in [1.82, 2.24) is 14.1 Å². The molecule has 0 bridgehead atoms. The first kappa shape index (κ1) is 25.4. The molecule has 1 atom stereocenters. The molecule has 2 aromatic rings. The van der Waals surface area contributed by atoms with Gasteiger partial charge in [0, 0.05) is 18.5 Å². The summed E-state index contributed by atoms with van der Waals surface area (Å²) in [5, 5.41) is 7.32. The molecule has 1 fully saturated rings. The van der Waals surface area contributed by atoms with Crippen LogP contribution in [0.1, 0.15) is 50.1 Å². The predicted octanol–water partition coefficient (Wildman–Crippen LogP) is 2.42. The second kappa shape index (κ2) is 8.84. The molecule has 1 aromatic heterocycles. The van der Waals surface area contributed by atoms with Crippen LogP contribution < -0.4 is 5.32 Å². The van der Waals surface area contributed by atoms with Crippen molar-refractivity contribution in [3.05, 3.63) is 41.1 Å². The van der Waals surface area contributed by atoms with Gasteiger partial charge in [0.2, 0.25) is 15.9 Å². The number of amides is 1. The molecule has 1 amide bonds. The molecule has 11 heteroatoms. The molecule has 1 N–H and O–H groups in total. The minimum absolute atomic E-state index is 0.0395. The predicted molar refractivity (Wildman–Crippen MR) is 128 cm³/mol. The largest absolute Gasteiger partial charge is 0.310 e. The highest BCUT2D eigenvalue weighted by atomic mass is 32.2. The number of benzene rings is 1. The zero-order valence-corrected chi connectivity index (χ0v) is 21.5. The fourth-order valence-electron chi connectivity index (χ4n) is 3.62. The Labute approximate surface area is 196 Å². The van der Waals surface area contributed by atoms with E-state index in [0.717, 1.165) is 15.4 Å². The maximum Gasteiger partial charge on any atom is 0.243 e. The Morgan fingerprint density at radius 3 is 2.42 bits per heavy atom. The topological polar surface area (TPSA) is 118 Å². The van der Waals surface area contributed by atoms with Gasteiger partial charge in [-0.15, -0.1) is 0 Å². The van der Waals surface area contributed by atoms with Gasteiger partial charge in [-0.25, -0.2) is 21.5 Å². The first-order valence-electron chi connectivity index (χ1n) is 10.7. The number of sulfonamides is 1. The van der Waals surface area contributed by atoms with E-state index in [1.165, 1.54) is 13.1 Å². The van der Waals surface area contributed by atoms with Crippen molar-refractivity contribution < 1.29 is 21.6 Å². The van der Waals surface area contributed by atoms with Gasteiger partial charge in [-0.2, -0.15) is 9.40 Å². The number of aromatic nitrogens is 2. The van der Waals surface area contributed by atoms with E-state index in [4.69, 9.17) is 0 Å². The van der Waals surface area contributed by atoms with Crippen molar-refractivity contribution in [1.29, 1.82) is 0 Å². The lowest BCUT2D eigenvalue weighted by atomic mass is 9.92. The summed E-state index contributed by atoms with van der Waals surface area (Å²) >= 11 is 0. The summed E-state index contributed by atoms with van der Waals surface area (Å²) in [6, 6.07) is 6.19. The van der Waals surface area contributed by atoms with Gasteiger partial charge in [-0.1, -0.05) is 26.8 Å². The molecular weight excluding hydrogens is 464 g/mol. The lowest BCUT2D eigenvalue weighted by Gasteiger charge is -2.18. The van der Waals surface area contributed by atoms with E-state index in [1.807, 2.05) is 34.6 Å². The van der Waals surface area contributed by atoms with Crippen molar-refractivity contribution in [3.8, 4) is 0 Å². The Balaban J connectivity index is 1.82. The number of rotatable bonds is 6. The number of anilines is 1. The minimum Gasteiger partial charge on any atom is -0.310 e. The molecule has 9 nitrogen and oxygen atoms in total. The molecule has 0 spiro atoms. The molecular formula is C22H32N4O5S2. The van der Waals surface area contributed by atoms with Gasteiger partial charge in [-0.05, 0) is 43.5 Å². The zero-order valence-electron chi connectivity index (χ0n) is 19.9. The van der Waals surface area contributed by atoms with Crippen LogP contribution >= 0.6 is 0 Å². The third-order valence-corrected chi connectivity index (χ3v) is 9.43. The van der Waals surface area contributed by atoms with E-state index in [0.29, 0.717) is 17.9 Å². The molecule has 0 radical (unpaired) electrons. The average Bonchev–Trinajstić information content (AvgIpc) is 3.26. The fraction of sp³-hybridized carbons (Fsp3) is 0.545. The Kier molecular flexibility index (Phi) is 6.80. The molecule has 1 aliphatic heterocycles. The number of aryl methyl sites for hydroxylation is 2. The summed E-state index contributed by atoms with van der Waals surface area (Å²) in [5.41, 5.74) is 2.22. The van der Waals surface area contributed by atoms with Gasteiger partial charge in [-0.3, -0.25) is 4.79 Å². The minimum atomic E-state index is -3.85. The van der Waals surface area contributed by atoms with E-state index in [-0.39, 0.29) is 27.9 Å². The van der Waals surface area contributed by atoms with Crippen molar-refractivity contribution in [3.63, 3.8) is 0 Å². The number of nitrogens with one attached hydrogen (secondary N) is 1. The summed E-state index contributed by atoms with van der Waals surface area (Å²) in [4.78, 5) is 12.9. The van der Waals surface area contributed by atoms with Gasteiger partial charge in [0.1, 0.15) is 5.82 Å². The first-order valence-corrected chi connectivity index (χ1v) is 14.0. The molecule has 3 rings (SSSR count). The SMILES string of the molecule is Cc1ccc(S(=O)(=O)N(C)CC(=O)Nc2cc(C(C)(C)C)nn2C2CCS(=O)(=O)C2)cc1C. The Morgan fingerprint density at radius 2 is 1.88 bits per heavy atom. The first-order chi connectivity index (χ1) is 15.1. The lowest BCUT2D eigenvalue weighted by molar-refractivity contribution is -0.116. The van der Waals surface area contributed by atoms with Crippen LogP contribution in [0.15, 0.2) is 29.2 Å². The van der Waals surface area contributed by atoms with Crippen LogP contribution in [-0.4, -0.2) is 61.9 Å².